The van der Waals surface area contributed by atoms with Crippen LogP contribution >= 0.6 is 0 Å². The van der Waals surface area contributed by atoms with Crippen molar-refractivity contribution in [1.82, 2.24) is 10.3 Å². The zero-order valence-corrected chi connectivity index (χ0v) is 14.0. The Labute approximate surface area is 141 Å². The summed E-state index contributed by atoms with van der Waals surface area (Å²) < 4.78 is 5.46. The number of amides is 2. The van der Waals surface area contributed by atoms with E-state index in [1.54, 1.807) is 13.0 Å². The molecule has 0 aliphatic heterocycles. The number of hydrogen-bond acceptors (Lipinski definition) is 4. The number of anilines is 1. The van der Waals surface area contributed by atoms with Gasteiger partial charge in [0, 0.05) is 25.2 Å². The standard InChI is InChI=1S/C18H25N3O3/c1-12-20-15-9-8-14(11-17(15)24-12)21-18(23)19-10-4-6-13-5-2-3-7-16(13)22/h8-9,11,13,16,22H,2-7,10H2,1H3,(H2,19,21,23). The maximum Gasteiger partial charge on any atom is 0.319 e. The number of benzene rings is 1. The van der Waals surface area contributed by atoms with Crippen LogP contribution < -0.4 is 10.6 Å². The van der Waals surface area contributed by atoms with Crippen LogP contribution in [0.2, 0.25) is 0 Å². The summed E-state index contributed by atoms with van der Waals surface area (Å²) in [5.74, 6) is 0.997. The molecule has 1 aliphatic carbocycles. The van der Waals surface area contributed by atoms with Crippen molar-refractivity contribution < 1.29 is 14.3 Å². The lowest BCUT2D eigenvalue weighted by Crippen LogP contribution is -2.31. The number of aromatic nitrogens is 1. The Hall–Kier alpha value is -2.08. The molecule has 1 aliphatic rings. The minimum absolute atomic E-state index is 0.162. The molecule has 1 saturated carbocycles. The lowest BCUT2D eigenvalue weighted by atomic mass is 9.83. The second-order valence-corrected chi connectivity index (χ2v) is 6.55. The highest BCUT2D eigenvalue weighted by Crippen LogP contribution is 2.27. The van der Waals surface area contributed by atoms with Crippen LogP contribution in [-0.4, -0.2) is 28.8 Å². The predicted octanol–water partition coefficient (Wildman–Crippen LogP) is 3.59. The van der Waals surface area contributed by atoms with Crippen molar-refractivity contribution in [3.8, 4) is 0 Å². The van der Waals surface area contributed by atoms with E-state index in [0.717, 1.165) is 37.6 Å². The Balaban J connectivity index is 1.41. The fourth-order valence-corrected chi connectivity index (χ4v) is 3.38. The molecule has 0 spiro atoms. The normalized spacial score (nSPS) is 20.9. The maximum absolute atomic E-state index is 12.0. The number of nitrogens with one attached hydrogen (secondary N) is 2. The van der Waals surface area contributed by atoms with E-state index in [0.29, 0.717) is 29.6 Å². The van der Waals surface area contributed by atoms with Crippen LogP contribution in [0.25, 0.3) is 11.1 Å². The van der Waals surface area contributed by atoms with Crippen molar-refractivity contribution in [3.63, 3.8) is 0 Å². The van der Waals surface area contributed by atoms with Crippen LogP contribution in [0.4, 0.5) is 10.5 Å². The van der Waals surface area contributed by atoms with Crippen LogP contribution in [0.15, 0.2) is 22.6 Å². The van der Waals surface area contributed by atoms with Gasteiger partial charge in [-0.2, -0.15) is 0 Å². The van der Waals surface area contributed by atoms with Gasteiger partial charge in [0.15, 0.2) is 11.5 Å². The molecule has 2 aromatic rings. The molecule has 0 bridgehead atoms. The molecular weight excluding hydrogens is 306 g/mol. The fraction of sp³-hybridized carbons (Fsp3) is 0.556. The monoisotopic (exact) mass is 331 g/mol. The van der Waals surface area contributed by atoms with Gasteiger partial charge in [-0.25, -0.2) is 9.78 Å². The molecule has 2 unspecified atom stereocenters. The maximum atomic E-state index is 12.0. The van der Waals surface area contributed by atoms with Gasteiger partial charge in [-0.05, 0) is 43.7 Å². The lowest BCUT2D eigenvalue weighted by Gasteiger charge is -2.27. The number of rotatable bonds is 5. The number of hydrogen-bond donors (Lipinski definition) is 3. The zero-order chi connectivity index (χ0) is 16.9. The van der Waals surface area contributed by atoms with Crippen molar-refractivity contribution >= 4 is 22.8 Å². The molecule has 3 N–H and O–H groups in total. The Morgan fingerprint density at radius 2 is 2.21 bits per heavy atom. The van der Waals surface area contributed by atoms with Crippen LogP contribution in [0, 0.1) is 12.8 Å². The first-order valence-electron chi connectivity index (χ1n) is 8.72. The van der Waals surface area contributed by atoms with Gasteiger partial charge in [0.05, 0.1) is 6.10 Å². The number of carbonyl (C=O) groups is 1. The highest BCUT2D eigenvalue weighted by molar-refractivity contribution is 5.91. The highest BCUT2D eigenvalue weighted by Gasteiger charge is 2.22. The topological polar surface area (TPSA) is 87.4 Å². The van der Waals surface area contributed by atoms with Crippen LogP contribution in [-0.2, 0) is 0 Å². The molecule has 2 atom stereocenters. The largest absolute Gasteiger partial charge is 0.441 e. The van der Waals surface area contributed by atoms with E-state index in [1.807, 2.05) is 12.1 Å². The quantitative estimate of drug-likeness (QED) is 0.731. The third-order valence-corrected chi connectivity index (χ3v) is 4.66. The molecule has 6 nitrogen and oxygen atoms in total. The van der Waals surface area contributed by atoms with E-state index < -0.39 is 0 Å². The number of fused-ring (bicyclic) bond motifs is 1. The molecular formula is C18H25N3O3. The van der Waals surface area contributed by atoms with E-state index in [9.17, 15) is 9.90 Å². The molecule has 0 radical (unpaired) electrons. The van der Waals surface area contributed by atoms with E-state index >= 15 is 0 Å². The van der Waals surface area contributed by atoms with Crippen LogP contribution in [0.3, 0.4) is 0 Å². The molecule has 130 valence electrons. The van der Waals surface area contributed by atoms with E-state index in [1.165, 1.54) is 6.42 Å². The average Bonchev–Trinajstić information content (AvgIpc) is 2.92. The van der Waals surface area contributed by atoms with Gasteiger partial charge in [0.1, 0.15) is 5.52 Å². The average molecular weight is 331 g/mol. The predicted molar refractivity (Wildman–Crippen MR) is 93.0 cm³/mol. The molecule has 3 rings (SSSR count). The SMILES string of the molecule is Cc1nc2ccc(NC(=O)NCCCC3CCCCC3O)cc2o1. The van der Waals surface area contributed by atoms with Crippen molar-refractivity contribution in [2.45, 2.75) is 51.6 Å². The summed E-state index contributed by atoms with van der Waals surface area (Å²) in [5.41, 5.74) is 2.12. The van der Waals surface area contributed by atoms with Gasteiger partial charge in [-0.3, -0.25) is 0 Å². The second kappa shape index (κ2) is 7.66. The first-order chi connectivity index (χ1) is 11.6. The number of aliphatic hydroxyl groups is 1. The summed E-state index contributed by atoms with van der Waals surface area (Å²) in [6, 6.07) is 5.18. The van der Waals surface area contributed by atoms with E-state index in [4.69, 9.17) is 4.42 Å². The Morgan fingerprint density at radius 1 is 1.38 bits per heavy atom. The van der Waals surface area contributed by atoms with Gasteiger partial charge >= 0.3 is 6.03 Å². The minimum Gasteiger partial charge on any atom is -0.441 e. The summed E-state index contributed by atoms with van der Waals surface area (Å²) in [6.45, 7) is 2.40. The summed E-state index contributed by atoms with van der Waals surface area (Å²) in [7, 11) is 0. The number of oxazole rings is 1. The van der Waals surface area contributed by atoms with E-state index in [-0.39, 0.29) is 12.1 Å². The molecule has 6 heteroatoms. The fourth-order valence-electron chi connectivity index (χ4n) is 3.38. The van der Waals surface area contributed by atoms with Crippen LogP contribution in [0.5, 0.6) is 0 Å². The zero-order valence-electron chi connectivity index (χ0n) is 14.0. The van der Waals surface area contributed by atoms with E-state index in [2.05, 4.69) is 15.6 Å². The molecule has 1 heterocycles. The molecule has 1 aromatic heterocycles. The van der Waals surface area contributed by atoms with Gasteiger partial charge in [-0.15, -0.1) is 0 Å². The van der Waals surface area contributed by atoms with Crippen molar-refractivity contribution in [1.29, 1.82) is 0 Å². The second-order valence-electron chi connectivity index (χ2n) is 6.55. The first kappa shape index (κ1) is 16.8. The van der Waals surface area contributed by atoms with Crippen molar-refractivity contribution in [2.75, 3.05) is 11.9 Å². The molecule has 0 saturated heterocycles. The Morgan fingerprint density at radius 3 is 3.04 bits per heavy atom. The summed E-state index contributed by atoms with van der Waals surface area (Å²) in [4.78, 5) is 16.2. The lowest BCUT2D eigenvalue weighted by molar-refractivity contribution is 0.0644. The summed E-state index contributed by atoms with van der Waals surface area (Å²) in [6.07, 6.45) is 6.04. The highest BCUT2D eigenvalue weighted by atomic mass is 16.3. The third-order valence-electron chi connectivity index (χ3n) is 4.66. The van der Waals surface area contributed by atoms with Gasteiger partial charge in [0.2, 0.25) is 0 Å². The first-order valence-corrected chi connectivity index (χ1v) is 8.72. The van der Waals surface area contributed by atoms with Gasteiger partial charge in [0.25, 0.3) is 0 Å². The molecule has 1 fully saturated rings. The number of carbonyl (C=O) groups excluding carboxylic acids is 1. The number of nitrogens with zero attached hydrogens (tertiary/aromatic N) is 1. The molecule has 24 heavy (non-hydrogen) atoms. The smallest absolute Gasteiger partial charge is 0.319 e. The molecule has 1 aromatic carbocycles. The van der Waals surface area contributed by atoms with Crippen LogP contribution in [0.1, 0.15) is 44.4 Å². The number of aliphatic hydroxyl groups excluding tert-OH is 1. The third kappa shape index (κ3) is 4.26. The molecule has 2 amide bonds. The Bertz CT molecular complexity index is 698. The summed E-state index contributed by atoms with van der Waals surface area (Å²) >= 11 is 0. The Kier molecular flexibility index (Phi) is 5.35. The van der Waals surface area contributed by atoms with Gasteiger partial charge < -0.3 is 20.2 Å². The number of urea groups is 1. The minimum atomic E-state index is -0.227. The van der Waals surface area contributed by atoms with Crippen molar-refractivity contribution in [2.24, 2.45) is 5.92 Å². The number of aryl methyl sites for hydroxylation is 1. The van der Waals surface area contributed by atoms with Crippen molar-refractivity contribution in [3.05, 3.63) is 24.1 Å². The van der Waals surface area contributed by atoms with Gasteiger partial charge in [-0.1, -0.05) is 12.8 Å². The summed E-state index contributed by atoms with van der Waals surface area (Å²) in [5, 5.41) is 15.6.